The van der Waals surface area contributed by atoms with E-state index in [1.807, 2.05) is 12.1 Å². The smallest absolute Gasteiger partial charge is 0.426 e. The first kappa shape index (κ1) is 16.6. The van der Waals surface area contributed by atoms with Gasteiger partial charge in [-0.2, -0.15) is 0 Å². The third-order valence-corrected chi connectivity index (χ3v) is 2.76. The molecule has 0 atom stereocenters. The monoisotopic (exact) mass is 300 g/mol. The Hall–Kier alpha value is -1.46. The highest BCUT2D eigenvalue weighted by atomic mass is 31.2. The summed E-state index contributed by atoms with van der Waals surface area (Å²) in [5, 5.41) is 0. The van der Waals surface area contributed by atoms with Gasteiger partial charge in [0.25, 0.3) is 0 Å². The van der Waals surface area contributed by atoms with Crippen molar-refractivity contribution in [1.29, 1.82) is 0 Å². The average Bonchev–Trinajstić information content (AvgIpc) is 2.33. The number of carbonyl (C=O) groups excluding carboxylic acids is 1. The summed E-state index contributed by atoms with van der Waals surface area (Å²) in [4.78, 5) is 27.9. The second-order valence-electron chi connectivity index (χ2n) is 4.00. The summed E-state index contributed by atoms with van der Waals surface area (Å²) >= 11 is 0. The molecule has 0 unspecified atom stereocenters. The molecule has 0 aliphatic heterocycles. The van der Waals surface area contributed by atoms with E-state index in [9.17, 15) is 9.36 Å². The Morgan fingerprint density at radius 1 is 1.35 bits per heavy atom. The zero-order valence-electron chi connectivity index (χ0n) is 11.1. The van der Waals surface area contributed by atoms with Crippen molar-refractivity contribution in [2.24, 2.45) is 0 Å². The largest absolute Gasteiger partial charge is 0.469 e. The van der Waals surface area contributed by atoms with Crippen LogP contribution in [0.4, 0.5) is 0 Å². The molecule has 0 aliphatic rings. The average molecular weight is 300 g/mol. The lowest BCUT2D eigenvalue weighted by Gasteiger charge is -2.05. The lowest BCUT2D eigenvalue weighted by atomic mass is 10.1. The molecule has 0 fully saturated rings. The molecule has 0 aromatic heterocycles. The number of rotatable bonds is 7. The SMILES string of the molecule is CC(=O)Oc1ccccc1/C=C\CCCOP(=O)(O)O. The minimum atomic E-state index is -4.38. The number of allylic oxidation sites excluding steroid dienone is 1. The fourth-order valence-corrected chi connectivity index (χ4v) is 1.83. The first-order chi connectivity index (χ1) is 9.38. The van der Waals surface area contributed by atoms with Crippen LogP contribution in [0.5, 0.6) is 5.75 Å². The Morgan fingerprint density at radius 2 is 2.05 bits per heavy atom. The molecule has 7 heteroatoms. The van der Waals surface area contributed by atoms with Gasteiger partial charge in [0.1, 0.15) is 5.75 Å². The Balaban J connectivity index is 2.46. The summed E-state index contributed by atoms with van der Waals surface area (Å²) in [5.74, 6) is 0.0867. The lowest BCUT2D eigenvalue weighted by molar-refractivity contribution is -0.131. The van der Waals surface area contributed by atoms with Crippen molar-refractivity contribution < 1.29 is 28.4 Å². The van der Waals surface area contributed by atoms with Gasteiger partial charge >= 0.3 is 13.8 Å². The maximum atomic E-state index is 10.9. The van der Waals surface area contributed by atoms with Gasteiger partial charge < -0.3 is 14.5 Å². The van der Waals surface area contributed by atoms with Crippen LogP contribution in [0.25, 0.3) is 6.08 Å². The summed E-state index contributed by atoms with van der Waals surface area (Å²) < 4.78 is 19.8. The second-order valence-corrected chi connectivity index (χ2v) is 5.24. The summed E-state index contributed by atoms with van der Waals surface area (Å²) in [5.41, 5.74) is 0.763. The van der Waals surface area contributed by atoms with Crippen molar-refractivity contribution in [3.8, 4) is 5.75 Å². The van der Waals surface area contributed by atoms with Crippen molar-refractivity contribution >= 4 is 19.9 Å². The van der Waals surface area contributed by atoms with E-state index in [1.54, 1.807) is 24.3 Å². The number of para-hydroxylation sites is 1. The van der Waals surface area contributed by atoms with E-state index in [0.717, 1.165) is 5.56 Å². The first-order valence-corrected chi connectivity index (χ1v) is 7.55. The zero-order valence-corrected chi connectivity index (χ0v) is 12.0. The van der Waals surface area contributed by atoms with Crippen molar-refractivity contribution in [2.75, 3.05) is 6.61 Å². The Kier molecular flexibility index (Phi) is 6.61. The lowest BCUT2D eigenvalue weighted by Crippen LogP contribution is -2.02. The highest BCUT2D eigenvalue weighted by molar-refractivity contribution is 7.46. The molecule has 0 spiro atoms. The molecule has 0 heterocycles. The topological polar surface area (TPSA) is 93.1 Å². The minimum absolute atomic E-state index is 0.0137. The van der Waals surface area contributed by atoms with Gasteiger partial charge in [0.15, 0.2) is 0 Å². The van der Waals surface area contributed by atoms with Crippen LogP contribution in [0.3, 0.4) is 0 Å². The van der Waals surface area contributed by atoms with E-state index >= 15 is 0 Å². The molecule has 2 N–H and O–H groups in total. The first-order valence-electron chi connectivity index (χ1n) is 6.02. The molecule has 0 saturated carbocycles. The summed E-state index contributed by atoms with van der Waals surface area (Å²) in [6.45, 7) is 1.32. The standard InChI is InChI=1S/C13H17O6P/c1-11(14)19-13-9-5-4-8-12(13)7-3-2-6-10-18-20(15,16)17/h3-5,7-9H,2,6,10H2,1H3,(H2,15,16,17)/b7-3-. The van der Waals surface area contributed by atoms with E-state index < -0.39 is 7.82 Å². The number of unbranched alkanes of at least 4 members (excludes halogenated alkanes) is 1. The number of benzene rings is 1. The predicted octanol–water partition coefficient (Wildman–Crippen LogP) is 2.51. The number of carbonyl (C=O) groups is 1. The van der Waals surface area contributed by atoms with Crippen molar-refractivity contribution in [3.63, 3.8) is 0 Å². The quantitative estimate of drug-likeness (QED) is 0.348. The number of phosphoric acid groups is 1. The molecule has 0 bridgehead atoms. The van der Waals surface area contributed by atoms with E-state index in [1.165, 1.54) is 6.92 Å². The minimum Gasteiger partial charge on any atom is -0.426 e. The van der Waals surface area contributed by atoms with Crippen LogP contribution in [0.2, 0.25) is 0 Å². The normalized spacial score (nSPS) is 11.8. The van der Waals surface area contributed by atoms with Gasteiger partial charge in [0.2, 0.25) is 0 Å². The van der Waals surface area contributed by atoms with E-state index in [4.69, 9.17) is 14.5 Å². The highest BCUT2D eigenvalue weighted by Gasteiger charge is 2.11. The number of phosphoric ester groups is 1. The number of hydrogen-bond donors (Lipinski definition) is 2. The van der Waals surface area contributed by atoms with Crippen LogP contribution in [0, 0.1) is 0 Å². The van der Waals surface area contributed by atoms with Crippen LogP contribution in [0.15, 0.2) is 30.3 Å². The third kappa shape index (κ3) is 7.21. The van der Waals surface area contributed by atoms with E-state index in [2.05, 4.69) is 4.52 Å². The summed E-state index contributed by atoms with van der Waals surface area (Å²) in [6.07, 6.45) is 4.69. The molecule has 1 rings (SSSR count). The van der Waals surface area contributed by atoms with Crippen LogP contribution in [-0.2, 0) is 13.9 Å². The number of ether oxygens (including phenoxy) is 1. The van der Waals surface area contributed by atoms with Crippen LogP contribution >= 0.6 is 7.82 Å². The van der Waals surface area contributed by atoms with Gasteiger partial charge in [0, 0.05) is 12.5 Å². The molecule has 20 heavy (non-hydrogen) atoms. The Labute approximate surface area is 117 Å². The molecule has 0 aliphatic carbocycles. The fourth-order valence-electron chi connectivity index (χ4n) is 1.46. The molecule has 1 aromatic rings. The number of esters is 1. The van der Waals surface area contributed by atoms with Gasteiger partial charge in [0.05, 0.1) is 6.61 Å². The second kappa shape index (κ2) is 7.97. The highest BCUT2D eigenvalue weighted by Crippen LogP contribution is 2.35. The maximum absolute atomic E-state index is 10.9. The molecule has 6 nitrogen and oxygen atoms in total. The van der Waals surface area contributed by atoms with E-state index in [0.29, 0.717) is 18.6 Å². The molecule has 110 valence electrons. The van der Waals surface area contributed by atoms with E-state index in [-0.39, 0.29) is 12.6 Å². The molecule has 0 amide bonds. The van der Waals surface area contributed by atoms with Crippen molar-refractivity contribution in [3.05, 3.63) is 35.9 Å². The predicted molar refractivity (Wildman–Crippen MR) is 74.0 cm³/mol. The van der Waals surface area contributed by atoms with Gasteiger partial charge in [-0.05, 0) is 18.9 Å². The summed E-state index contributed by atoms with van der Waals surface area (Å²) in [7, 11) is -4.38. The molecular weight excluding hydrogens is 283 g/mol. The zero-order chi connectivity index (χ0) is 15.0. The number of hydrogen-bond acceptors (Lipinski definition) is 4. The molecular formula is C13H17O6P. The fraction of sp³-hybridized carbons (Fsp3) is 0.308. The maximum Gasteiger partial charge on any atom is 0.469 e. The molecule has 0 radical (unpaired) electrons. The Bertz CT molecular complexity index is 519. The van der Waals surface area contributed by atoms with Crippen molar-refractivity contribution in [2.45, 2.75) is 19.8 Å². The third-order valence-electron chi connectivity index (χ3n) is 2.24. The van der Waals surface area contributed by atoms with Crippen LogP contribution in [0.1, 0.15) is 25.3 Å². The van der Waals surface area contributed by atoms with Gasteiger partial charge in [-0.1, -0.05) is 30.4 Å². The van der Waals surface area contributed by atoms with Gasteiger partial charge in [-0.15, -0.1) is 0 Å². The van der Waals surface area contributed by atoms with Gasteiger partial charge in [-0.3, -0.25) is 9.32 Å². The Morgan fingerprint density at radius 3 is 2.70 bits per heavy atom. The molecule has 0 saturated heterocycles. The summed E-state index contributed by atoms with van der Waals surface area (Å²) in [6, 6.07) is 7.09. The van der Waals surface area contributed by atoms with Crippen molar-refractivity contribution in [1.82, 2.24) is 0 Å². The van der Waals surface area contributed by atoms with Crippen LogP contribution < -0.4 is 4.74 Å². The van der Waals surface area contributed by atoms with Crippen LogP contribution in [-0.4, -0.2) is 22.4 Å². The van der Waals surface area contributed by atoms with Gasteiger partial charge in [-0.25, -0.2) is 4.57 Å². The molecule has 1 aromatic carbocycles.